The highest BCUT2D eigenvalue weighted by molar-refractivity contribution is 9.10. The monoisotopic (exact) mass is 381 g/mol. The molecule has 0 aromatic heterocycles. The molecule has 21 heavy (non-hydrogen) atoms. The van der Waals surface area contributed by atoms with E-state index in [-0.39, 0.29) is 5.56 Å². The Bertz CT molecular complexity index is 575. The number of carbonyl (C=O) groups is 1. The van der Waals surface area contributed by atoms with Gasteiger partial charge in [0.1, 0.15) is 5.82 Å². The number of benzene rings is 1. The van der Waals surface area contributed by atoms with Crippen LogP contribution in [0.25, 0.3) is 0 Å². The Kier molecular flexibility index (Phi) is 5.80. The lowest BCUT2D eigenvalue weighted by Crippen LogP contribution is -2.47. The normalized spacial score (nSPS) is 16.3. The SMILES string of the molecule is CC(C)(C)S(=O)N[C@@](C)(CC(=O)F)c1cc(Br)ccc1F. The second kappa shape index (κ2) is 6.62. The van der Waals surface area contributed by atoms with Crippen molar-refractivity contribution in [3.05, 3.63) is 34.1 Å². The van der Waals surface area contributed by atoms with Gasteiger partial charge in [0.05, 0.1) is 27.7 Å². The summed E-state index contributed by atoms with van der Waals surface area (Å²) in [5.74, 6) is -0.597. The van der Waals surface area contributed by atoms with E-state index in [2.05, 4.69) is 20.7 Å². The van der Waals surface area contributed by atoms with Gasteiger partial charge in [-0.3, -0.25) is 4.79 Å². The molecule has 1 rings (SSSR count). The maximum Gasteiger partial charge on any atom is 0.303 e. The topological polar surface area (TPSA) is 46.2 Å². The highest BCUT2D eigenvalue weighted by atomic mass is 79.9. The van der Waals surface area contributed by atoms with Crippen LogP contribution in [0.2, 0.25) is 0 Å². The largest absolute Gasteiger partial charge is 0.303 e. The van der Waals surface area contributed by atoms with Crippen molar-refractivity contribution in [2.75, 3.05) is 0 Å². The lowest BCUT2D eigenvalue weighted by atomic mass is 9.89. The van der Waals surface area contributed by atoms with Gasteiger partial charge in [0.25, 0.3) is 0 Å². The molecule has 0 saturated heterocycles. The number of carbonyl (C=O) groups excluding carboxylic acids is 1. The zero-order valence-electron chi connectivity index (χ0n) is 12.3. The van der Waals surface area contributed by atoms with Crippen LogP contribution >= 0.6 is 15.9 Å². The molecule has 0 aliphatic heterocycles. The van der Waals surface area contributed by atoms with Crippen molar-refractivity contribution in [3.63, 3.8) is 0 Å². The molecule has 0 bridgehead atoms. The summed E-state index contributed by atoms with van der Waals surface area (Å²) in [6.07, 6.45) is -0.609. The number of halogens is 3. The van der Waals surface area contributed by atoms with E-state index in [9.17, 15) is 17.8 Å². The van der Waals surface area contributed by atoms with E-state index in [1.165, 1.54) is 25.1 Å². The molecule has 0 spiro atoms. The van der Waals surface area contributed by atoms with Crippen molar-refractivity contribution >= 4 is 33.0 Å². The fourth-order valence-corrected chi connectivity index (χ4v) is 3.00. The van der Waals surface area contributed by atoms with Gasteiger partial charge < -0.3 is 0 Å². The molecular formula is C14H18BrF2NO2S. The summed E-state index contributed by atoms with van der Waals surface area (Å²) in [6.45, 7) is 6.64. The minimum Gasteiger partial charge on any atom is -0.261 e. The van der Waals surface area contributed by atoms with Crippen molar-refractivity contribution in [1.29, 1.82) is 0 Å². The molecule has 3 nitrogen and oxygen atoms in total. The first kappa shape index (κ1) is 18.4. The molecule has 0 aliphatic carbocycles. The van der Waals surface area contributed by atoms with Crippen molar-refractivity contribution in [3.8, 4) is 0 Å². The average molecular weight is 382 g/mol. The number of rotatable bonds is 5. The smallest absolute Gasteiger partial charge is 0.261 e. The third-order valence-electron chi connectivity index (χ3n) is 2.89. The molecule has 1 aromatic carbocycles. The Balaban J connectivity index is 3.30. The first-order chi connectivity index (χ1) is 9.45. The minimum atomic E-state index is -1.60. The summed E-state index contributed by atoms with van der Waals surface area (Å²) in [5, 5.41) is 0. The van der Waals surface area contributed by atoms with Gasteiger partial charge in [-0.25, -0.2) is 13.3 Å². The van der Waals surface area contributed by atoms with Gasteiger partial charge in [-0.1, -0.05) is 15.9 Å². The first-order valence-electron chi connectivity index (χ1n) is 6.29. The molecular weight excluding hydrogens is 364 g/mol. The molecule has 0 saturated carbocycles. The van der Waals surface area contributed by atoms with Crippen molar-refractivity contribution in [2.24, 2.45) is 0 Å². The van der Waals surface area contributed by atoms with E-state index in [4.69, 9.17) is 0 Å². The third-order valence-corrected chi connectivity index (χ3v) is 5.13. The van der Waals surface area contributed by atoms with Gasteiger partial charge >= 0.3 is 6.04 Å². The van der Waals surface area contributed by atoms with Gasteiger partial charge in [-0.2, -0.15) is 4.39 Å². The van der Waals surface area contributed by atoms with E-state index in [1.807, 2.05) is 0 Å². The Morgan fingerprint density at radius 1 is 1.33 bits per heavy atom. The second-order valence-corrected chi connectivity index (χ2v) is 8.85. The number of hydrogen-bond acceptors (Lipinski definition) is 2. The molecule has 0 radical (unpaired) electrons. The Morgan fingerprint density at radius 3 is 2.38 bits per heavy atom. The van der Waals surface area contributed by atoms with Crippen LogP contribution in [-0.4, -0.2) is 15.0 Å². The number of nitrogens with one attached hydrogen (secondary N) is 1. The van der Waals surface area contributed by atoms with Crippen LogP contribution in [-0.2, 0) is 21.3 Å². The van der Waals surface area contributed by atoms with E-state index in [0.717, 1.165) is 0 Å². The van der Waals surface area contributed by atoms with E-state index >= 15 is 0 Å². The van der Waals surface area contributed by atoms with Crippen LogP contribution in [0.5, 0.6) is 0 Å². The molecule has 0 amide bonds. The second-order valence-electron chi connectivity index (χ2n) is 5.97. The predicted molar refractivity (Wildman–Crippen MR) is 83.2 cm³/mol. The van der Waals surface area contributed by atoms with E-state index in [1.54, 1.807) is 20.8 Å². The Labute approximate surface area is 134 Å². The zero-order chi connectivity index (χ0) is 16.4. The molecule has 0 fully saturated rings. The highest BCUT2D eigenvalue weighted by Crippen LogP contribution is 2.31. The summed E-state index contributed by atoms with van der Waals surface area (Å²) >= 11 is 3.21. The van der Waals surface area contributed by atoms with Crippen LogP contribution < -0.4 is 4.72 Å². The standard InChI is InChI=1S/C14H18BrF2NO2S/c1-13(2,3)21(20)18-14(4,8-12(17)19)10-7-9(15)5-6-11(10)16/h5-7,18H,8H2,1-4H3/t14-,21?/m0/s1. The summed E-state index contributed by atoms with van der Waals surface area (Å²) in [4.78, 5) is 10.9. The van der Waals surface area contributed by atoms with Crippen LogP contribution in [0.4, 0.5) is 8.78 Å². The van der Waals surface area contributed by atoms with Gasteiger partial charge in [0.2, 0.25) is 0 Å². The highest BCUT2D eigenvalue weighted by Gasteiger charge is 2.36. The minimum absolute atomic E-state index is 0.0838. The lowest BCUT2D eigenvalue weighted by Gasteiger charge is -2.33. The van der Waals surface area contributed by atoms with Crippen LogP contribution in [0.1, 0.15) is 39.7 Å². The van der Waals surface area contributed by atoms with Gasteiger partial charge in [-0.15, -0.1) is 0 Å². The molecule has 0 aliphatic rings. The summed E-state index contributed by atoms with van der Waals surface area (Å²) in [5.41, 5.74) is -1.32. The first-order valence-corrected chi connectivity index (χ1v) is 8.23. The van der Waals surface area contributed by atoms with Gasteiger partial charge in [0.15, 0.2) is 0 Å². The quantitative estimate of drug-likeness (QED) is 0.789. The molecule has 0 heterocycles. The van der Waals surface area contributed by atoms with Crippen LogP contribution in [0.15, 0.2) is 22.7 Å². The van der Waals surface area contributed by atoms with E-state index in [0.29, 0.717) is 4.47 Å². The zero-order valence-corrected chi connectivity index (χ0v) is 14.7. The molecule has 2 atom stereocenters. The van der Waals surface area contributed by atoms with E-state index < -0.39 is 39.5 Å². The molecule has 1 aromatic rings. The fourth-order valence-electron chi connectivity index (χ4n) is 1.74. The average Bonchev–Trinajstić information content (AvgIpc) is 2.29. The van der Waals surface area contributed by atoms with Crippen molar-refractivity contribution in [1.82, 2.24) is 4.72 Å². The van der Waals surface area contributed by atoms with Crippen LogP contribution in [0.3, 0.4) is 0 Å². The maximum atomic E-state index is 14.1. The number of hydrogen-bond donors (Lipinski definition) is 1. The van der Waals surface area contributed by atoms with Gasteiger partial charge in [-0.05, 0) is 45.9 Å². The summed E-state index contributed by atoms with van der Waals surface area (Å²) < 4.78 is 41.9. The van der Waals surface area contributed by atoms with Crippen molar-refractivity contribution < 1.29 is 17.8 Å². The third kappa shape index (κ3) is 4.93. The Morgan fingerprint density at radius 2 is 1.90 bits per heavy atom. The predicted octanol–water partition coefficient (Wildman–Crippen LogP) is 3.74. The fraction of sp³-hybridized carbons (Fsp3) is 0.500. The van der Waals surface area contributed by atoms with Crippen molar-refractivity contribution in [2.45, 2.75) is 44.4 Å². The lowest BCUT2D eigenvalue weighted by molar-refractivity contribution is -0.130. The molecule has 1 unspecified atom stereocenters. The summed E-state index contributed by atoms with van der Waals surface area (Å²) in [6, 6.07) is 2.56. The molecule has 7 heteroatoms. The Hall–Kier alpha value is -0.660. The summed E-state index contributed by atoms with van der Waals surface area (Å²) in [7, 11) is -1.59. The van der Waals surface area contributed by atoms with Gasteiger partial charge in [0, 0.05) is 10.0 Å². The molecule has 1 N–H and O–H groups in total. The van der Waals surface area contributed by atoms with Crippen LogP contribution in [0, 0.1) is 5.82 Å². The molecule has 118 valence electrons. The maximum absolute atomic E-state index is 14.1.